The van der Waals surface area contributed by atoms with E-state index in [4.69, 9.17) is 0 Å². The summed E-state index contributed by atoms with van der Waals surface area (Å²) in [5, 5.41) is 17.5. The van der Waals surface area contributed by atoms with Gasteiger partial charge in [0.15, 0.2) is 0 Å². The number of pyridine rings is 1. The van der Waals surface area contributed by atoms with Crippen LogP contribution in [0.2, 0.25) is 0 Å². The molecule has 0 aliphatic heterocycles. The summed E-state index contributed by atoms with van der Waals surface area (Å²) in [6.07, 6.45) is 1.13. The van der Waals surface area contributed by atoms with Crippen LogP contribution in [0.25, 0.3) is 10.9 Å². The zero-order chi connectivity index (χ0) is 22.2. The van der Waals surface area contributed by atoms with E-state index in [9.17, 15) is 23.1 Å². The molecule has 1 fully saturated rings. The molecule has 4 rings (SSSR count). The molecule has 6 nitrogen and oxygen atoms in total. The third-order valence-electron chi connectivity index (χ3n) is 5.84. The van der Waals surface area contributed by atoms with E-state index in [1.807, 2.05) is 16.9 Å². The first-order chi connectivity index (χ1) is 14.7. The average Bonchev–Trinajstić information content (AvgIpc) is 3.16. The van der Waals surface area contributed by atoms with Crippen LogP contribution in [0.4, 0.5) is 18.9 Å². The van der Waals surface area contributed by atoms with Gasteiger partial charge in [-0.1, -0.05) is 6.07 Å². The normalized spacial score (nSPS) is 19.5. The van der Waals surface area contributed by atoms with Gasteiger partial charge < -0.3 is 10.4 Å². The van der Waals surface area contributed by atoms with Gasteiger partial charge in [0.1, 0.15) is 11.4 Å². The molecule has 1 aliphatic carbocycles. The Labute approximate surface area is 177 Å². The van der Waals surface area contributed by atoms with Crippen molar-refractivity contribution < 1.29 is 23.1 Å². The number of fused-ring (bicyclic) bond motifs is 1. The van der Waals surface area contributed by atoms with E-state index in [0.29, 0.717) is 11.6 Å². The maximum atomic E-state index is 12.9. The third-order valence-corrected chi connectivity index (χ3v) is 5.84. The Morgan fingerprint density at radius 1 is 1.23 bits per heavy atom. The van der Waals surface area contributed by atoms with Crippen molar-refractivity contribution in [2.24, 2.45) is 5.92 Å². The van der Waals surface area contributed by atoms with Crippen LogP contribution in [0.5, 0.6) is 0 Å². The number of aromatic nitrogens is 3. The Morgan fingerprint density at radius 3 is 2.65 bits per heavy atom. The number of anilines is 1. The summed E-state index contributed by atoms with van der Waals surface area (Å²) in [5.41, 5.74) is 0.634. The van der Waals surface area contributed by atoms with Gasteiger partial charge in [0.2, 0.25) is 0 Å². The molecule has 164 valence electrons. The smallest absolute Gasteiger partial charge is 0.396 e. The molecular weight excluding hydrogens is 409 g/mol. The second-order valence-electron chi connectivity index (χ2n) is 8.05. The van der Waals surface area contributed by atoms with Gasteiger partial charge >= 0.3 is 6.18 Å². The Balaban J connectivity index is 1.55. The number of nitrogens with one attached hydrogen (secondary N) is 1. The summed E-state index contributed by atoms with van der Waals surface area (Å²) >= 11 is 0. The average molecular weight is 432 g/mol. The highest BCUT2D eigenvalue weighted by atomic mass is 19.4. The van der Waals surface area contributed by atoms with Gasteiger partial charge in [0, 0.05) is 23.9 Å². The fourth-order valence-electron chi connectivity index (χ4n) is 4.01. The molecule has 2 heterocycles. The van der Waals surface area contributed by atoms with E-state index < -0.39 is 17.8 Å². The van der Waals surface area contributed by atoms with Crippen LogP contribution in [0, 0.1) is 12.8 Å². The van der Waals surface area contributed by atoms with Gasteiger partial charge in [-0.05, 0) is 68.4 Å². The maximum absolute atomic E-state index is 12.9. The van der Waals surface area contributed by atoms with E-state index in [2.05, 4.69) is 15.4 Å². The highest BCUT2D eigenvalue weighted by Gasteiger charge is 2.33. The van der Waals surface area contributed by atoms with Crippen molar-refractivity contribution in [2.75, 3.05) is 11.9 Å². The number of rotatable bonds is 4. The molecule has 31 heavy (non-hydrogen) atoms. The van der Waals surface area contributed by atoms with Crippen molar-refractivity contribution in [3.8, 4) is 0 Å². The Kier molecular flexibility index (Phi) is 5.70. The third kappa shape index (κ3) is 4.56. The lowest BCUT2D eigenvalue weighted by atomic mass is 9.87. The van der Waals surface area contributed by atoms with Crippen molar-refractivity contribution in [3.63, 3.8) is 0 Å². The fourth-order valence-corrected chi connectivity index (χ4v) is 4.01. The van der Waals surface area contributed by atoms with Gasteiger partial charge in [0.25, 0.3) is 5.91 Å². The molecule has 0 spiro atoms. The second-order valence-corrected chi connectivity index (χ2v) is 8.05. The number of carbonyl (C=O) groups excluding carboxylic acids is 1. The number of carbonyl (C=O) groups is 1. The molecule has 2 aromatic heterocycles. The molecule has 3 aromatic rings. The minimum absolute atomic E-state index is 0.219. The monoisotopic (exact) mass is 432 g/mol. The van der Waals surface area contributed by atoms with Crippen LogP contribution in [0.1, 0.15) is 53.5 Å². The minimum Gasteiger partial charge on any atom is -0.396 e. The lowest BCUT2D eigenvalue weighted by Crippen LogP contribution is -2.20. The first-order valence-corrected chi connectivity index (χ1v) is 10.2. The molecule has 1 amide bonds. The standard InChI is InChI=1S/C22H23F3N4O2/c1-13-9-19-15(11-29(28-19)16-7-5-14(12-30)6-8-16)10-18(13)27-21(31)17-3-2-4-20(26-17)22(23,24)25/h2-4,9-11,14,16,30H,5-8,12H2,1H3,(H,27,31). The van der Waals surface area contributed by atoms with Crippen LogP contribution in [0.15, 0.2) is 36.5 Å². The van der Waals surface area contributed by atoms with Crippen LogP contribution < -0.4 is 5.32 Å². The van der Waals surface area contributed by atoms with E-state index in [1.165, 1.54) is 6.07 Å². The number of amides is 1. The van der Waals surface area contributed by atoms with E-state index in [1.54, 1.807) is 13.0 Å². The molecular formula is C22H23F3N4O2. The Hall–Kier alpha value is -2.94. The highest BCUT2D eigenvalue weighted by molar-refractivity contribution is 6.04. The van der Waals surface area contributed by atoms with Crippen molar-refractivity contribution in [1.29, 1.82) is 0 Å². The quantitative estimate of drug-likeness (QED) is 0.624. The molecule has 9 heteroatoms. The zero-order valence-electron chi connectivity index (χ0n) is 17.0. The van der Waals surface area contributed by atoms with E-state index >= 15 is 0 Å². The van der Waals surface area contributed by atoms with Gasteiger partial charge in [-0.25, -0.2) is 4.98 Å². The molecule has 1 saturated carbocycles. The number of halogens is 3. The molecule has 0 bridgehead atoms. The maximum Gasteiger partial charge on any atom is 0.433 e. The van der Waals surface area contributed by atoms with E-state index in [0.717, 1.165) is 54.3 Å². The number of aliphatic hydroxyl groups excluding tert-OH is 1. The van der Waals surface area contributed by atoms with Gasteiger partial charge in [-0.15, -0.1) is 0 Å². The number of aryl methyl sites for hydroxylation is 1. The SMILES string of the molecule is Cc1cc2nn(C3CCC(CO)CC3)cc2cc1NC(=O)c1cccc(C(F)(F)F)n1. The number of alkyl halides is 3. The van der Waals surface area contributed by atoms with Gasteiger partial charge in [-0.3, -0.25) is 9.48 Å². The first-order valence-electron chi connectivity index (χ1n) is 10.2. The predicted molar refractivity (Wildman–Crippen MR) is 110 cm³/mol. The topological polar surface area (TPSA) is 80.0 Å². The largest absolute Gasteiger partial charge is 0.433 e. The zero-order valence-corrected chi connectivity index (χ0v) is 17.0. The van der Waals surface area contributed by atoms with Crippen LogP contribution in [-0.2, 0) is 6.18 Å². The predicted octanol–water partition coefficient (Wildman–Crippen LogP) is 4.73. The van der Waals surface area contributed by atoms with Crippen LogP contribution >= 0.6 is 0 Å². The number of hydrogen-bond acceptors (Lipinski definition) is 4. The molecule has 0 unspecified atom stereocenters. The van der Waals surface area contributed by atoms with Crippen LogP contribution in [0.3, 0.4) is 0 Å². The molecule has 1 aromatic carbocycles. The summed E-state index contributed by atoms with van der Waals surface area (Å²) in [7, 11) is 0. The van der Waals surface area contributed by atoms with E-state index in [-0.39, 0.29) is 18.3 Å². The highest BCUT2D eigenvalue weighted by Crippen LogP contribution is 2.33. The van der Waals surface area contributed by atoms with Crippen LogP contribution in [-0.4, -0.2) is 32.4 Å². The van der Waals surface area contributed by atoms with Crippen molar-refractivity contribution in [3.05, 3.63) is 53.5 Å². The number of hydrogen-bond donors (Lipinski definition) is 2. The second kappa shape index (κ2) is 8.30. The molecule has 1 aliphatic rings. The van der Waals surface area contributed by atoms with Crippen molar-refractivity contribution >= 4 is 22.5 Å². The molecule has 0 radical (unpaired) electrons. The lowest BCUT2D eigenvalue weighted by molar-refractivity contribution is -0.141. The number of aliphatic hydroxyl groups is 1. The number of nitrogens with zero attached hydrogens (tertiary/aromatic N) is 3. The molecule has 2 N–H and O–H groups in total. The summed E-state index contributed by atoms with van der Waals surface area (Å²) in [6, 6.07) is 7.13. The van der Waals surface area contributed by atoms with Crippen molar-refractivity contribution in [2.45, 2.75) is 44.8 Å². The minimum atomic E-state index is -4.62. The summed E-state index contributed by atoms with van der Waals surface area (Å²) < 4.78 is 40.6. The Bertz CT molecular complexity index is 1100. The number of benzene rings is 1. The summed E-state index contributed by atoms with van der Waals surface area (Å²) in [4.78, 5) is 16.0. The molecule has 0 atom stereocenters. The first kappa shape index (κ1) is 21.3. The van der Waals surface area contributed by atoms with Gasteiger partial charge in [-0.2, -0.15) is 18.3 Å². The van der Waals surface area contributed by atoms with Crippen molar-refractivity contribution in [1.82, 2.24) is 14.8 Å². The molecule has 0 saturated heterocycles. The van der Waals surface area contributed by atoms with Gasteiger partial charge in [0.05, 0.1) is 11.6 Å². The summed E-state index contributed by atoms with van der Waals surface area (Å²) in [6.45, 7) is 2.02. The summed E-state index contributed by atoms with van der Waals surface area (Å²) in [5.74, 6) is -0.349. The lowest BCUT2D eigenvalue weighted by Gasteiger charge is -2.27. The fraction of sp³-hybridized carbons (Fsp3) is 0.409. The Morgan fingerprint density at radius 2 is 1.97 bits per heavy atom.